The molecule has 2 N–H and O–H groups in total. The molecule has 96 valence electrons. The van der Waals surface area contributed by atoms with Crippen LogP contribution >= 0.6 is 0 Å². The Morgan fingerprint density at radius 1 is 1.25 bits per heavy atom. The Morgan fingerprint density at radius 3 is 2.44 bits per heavy atom. The quantitative estimate of drug-likeness (QED) is 0.700. The van der Waals surface area contributed by atoms with Gasteiger partial charge in [0.25, 0.3) is 0 Å². The first kappa shape index (κ1) is 14.0. The van der Waals surface area contributed by atoms with Gasteiger partial charge in [0, 0.05) is 5.54 Å². The second-order valence-corrected chi connectivity index (χ2v) is 5.68. The van der Waals surface area contributed by atoms with Crippen molar-refractivity contribution in [2.75, 3.05) is 13.2 Å². The molecular formula is C14H29NO. The smallest absolute Gasteiger partial charge is 0.0618 e. The van der Waals surface area contributed by atoms with E-state index in [9.17, 15) is 5.11 Å². The van der Waals surface area contributed by atoms with E-state index in [4.69, 9.17) is 0 Å². The topological polar surface area (TPSA) is 32.3 Å². The molecule has 0 bridgehead atoms. The van der Waals surface area contributed by atoms with Crippen LogP contribution in [0.1, 0.15) is 65.7 Å². The molecule has 2 heteroatoms. The van der Waals surface area contributed by atoms with Crippen molar-refractivity contribution in [1.29, 1.82) is 0 Å². The third-order valence-corrected chi connectivity index (χ3v) is 4.55. The minimum Gasteiger partial charge on any atom is -0.394 e. The monoisotopic (exact) mass is 227 g/mol. The van der Waals surface area contributed by atoms with E-state index in [-0.39, 0.29) is 11.0 Å². The van der Waals surface area contributed by atoms with E-state index in [1.165, 1.54) is 38.5 Å². The van der Waals surface area contributed by atoms with E-state index >= 15 is 0 Å². The summed E-state index contributed by atoms with van der Waals surface area (Å²) in [5.74, 6) is 0. The maximum absolute atomic E-state index is 9.82. The zero-order chi connectivity index (χ0) is 12.1. The standard InChI is InChI=1S/C14H29NO/c1-4-6-9-13(3,8-5-2)14(12-16)10-7-11-15-14/h15-16H,4-12H2,1-3H3. The molecule has 0 amide bonds. The van der Waals surface area contributed by atoms with Crippen LogP contribution in [0.2, 0.25) is 0 Å². The molecule has 2 nitrogen and oxygen atoms in total. The minimum atomic E-state index is -0.00181. The molecule has 0 radical (unpaired) electrons. The molecule has 16 heavy (non-hydrogen) atoms. The lowest BCUT2D eigenvalue weighted by Gasteiger charge is -2.46. The summed E-state index contributed by atoms with van der Waals surface area (Å²) in [7, 11) is 0. The molecular weight excluding hydrogens is 198 g/mol. The molecule has 0 aliphatic carbocycles. The third-order valence-electron chi connectivity index (χ3n) is 4.55. The van der Waals surface area contributed by atoms with Crippen molar-refractivity contribution in [2.24, 2.45) is 5.41 Å². The largest absolute Gasteiger partial charge is 0.394 e. The van der Waals surface area contributed by atoms with Crippen LogP contribution in [0.5, 0.6) is 0 Å². The van der Waals surface area contributed by atoms with Crippen molar-refractivity contribution in [3.63, 3.8) is 0 Å². The van der Waals surface area contributed by atoms with Crippen molar-refractivity contribution in [3.8, 4) is 0 Å². The van der Waals surface area contributed by atoms with Gasteiger partial charge in [-0.1, -0.05) is 40.0 Å². The average molecular weight is 227 g/mol. The van der Waals surface area contributed by atoms with Gasteiger partial charge in [0.1, 0.15) is 0 Å². The Labute approximate surface area is 101 Å². The van der Waals surface area contributed by atoms with Crippen LogP contribution < -0.4 is 5.32 Å². The second kappa shape index (κ2) is 6.02. The number of nitrogens with one attached hydrogen (secondary N) is 1. The molecule has 2 atom stereocenters. The Kier molecular flexibility index (Phi) is 5.26. The summed E-state index contributed by atoms with van der Waals surface area (Å²) in [5.41, 5.74) is 0.265. The van der Waals surface area contributed by atoms with Gasteiger partial charge >= 0.3 is 0 Å². The van der Waals surface area contributed by atoms with Gasteiger partial charge in [-0.15, -0.1) is 0 Å². The highest BCUT2D eigenvalue weighted by Gasteiger charge is 2.47. The number of hydrogen-bond acceptors (Lipinski definition) is 2. The Hall–Kier alpha value is -0.0800. The third kappa shape index (κ3) is 2.60. The summed E-state index contributed by atoms with van der Waals surface area (Å²) in [6.45, 7) is 8.25. The van der Waals surface area contributed by atoms with Gasteiger partial charge in [0.2, 0.25) is 0 Å². The van der Waals surface area contributed by atoms with E-state index in [0.29, 0.717) is 6.61 Å². The second-order valence-electron chi connectivity index (χ2n) is 5.68. The van der Waals surface area contributed by atoms with Gasteiger partial charge in [-0.25, -0.2) is 0 Å². The SMILES string of the molecule is CCCCC(C)(CCC)C1(CO)CCCN1. The highest BCUT2D eigenvalue weighted by Crippen LogP contribution is 2.45. The number of rotatable bonds is 7. The van der Waals surface area contributed by atoms with Gasteiger partial charge in [-0.05, 0) is 37.6 Å². The molecule has 1 rings (SSSR count). The Bertz CT molecular complexity index is 199. The number of unbranched alkanes of at least 4 members (excludes halogenated alkanes) is 1. The number of aliphatic hydroxyl groups is 1. The van der Waals surface area contributed by atoms with Gasteiger partial charge in [0.15, 0.2) is 0 Å². The highest BCUT2D eigenvalue weighted by molar-refractivity contribution is 5.04. The van der Waals surface area contributed by atoms with E-state index in [1.54, 1.807) is 0 Å². The average Bonchev–Trinajstić information content (AvgIpc) is 2.77. The van der Waals surface area contributed by atoms with Gasteiger partial charge in [0.05, 0.1) is 6.61 Å². The molecule has 0 aromatic heterocycles. The first-order valence-corrected chi connectivity index (χ1v) is 7.00. The molecule has 0 aromatic rings. The predicted octanol–water partition coefficient (Wildman–Crippen LogP) is 3.10. The zero-order valence-corrected chi connectivity index (χ0v) is 11.3. The van der Waals surface area contributed by atoms with Crippen LogP contribution in [0.3, 0.4) is 0 Å². The number of aliphatic hydroxyl groups excluding tert-OH is 1. The fraction of sp³-hybridized carbons (Fsp3) is 1.00. The van der Waals surface area contributed by atoms with Crippen LogP contribution in [0, 0.1) is 5.41 Å². The lowest BCUT2D eigenvalue weighted by atomic mass is 9.65. The van der Waals surface area contributed by atoms with Crippen molar-refractivity contribution in [2.45, 2.75) is 71.3 Å². The van der Waals surface area contributed by atoms with Crippen LogP contribution in [-0.2, 0) is 0 Å². The van der Waals surface area contributed by atoms with Crippen molar-refractivity contribution >= 4 is 0 Å². The first-order valence-electron chi connectivity index (χ1n) is 7.00. The molecule has 1 aliphatic rings. The predicted molar refractivity (Wildman–Crippen MR) is 69.6 cm³/mol. The van der Waals surface area contributed by atoms with Crippen molar-refractivity contribution in [3.05, 3.63) is 0 Å². The van der Waals surface area contributed by atoms with E-state index < -0.39 is 0 Å². The first-order chi connectivity index (χ1) is 7.64. The van der Waals surface area contributed by atoms with Crippen LogP contribution in [0.4, 0.5) is 0 Å². The van der Waals surface area contributed by atoms with Gasteiger partial charge < -0.3 is 10.4 Å². The van der Waals surface area contributed by atoms with Gasteiger partial charge in [-0.2, -0.15) is 0 Å². The molecule has 0 saturated carbocycles. The summed E-state index contributed by atoms with van der Waals surface area (Å²) >= 11 is 0. The maximum atomic E-state index is 9.82. The maximum Gasteiger partial charge on any atom is 0.0618 e. The summed E-state index contributed by atoms with van der Waals surface area (Å²) < 4.78 is 0. The molecule has 2 unspecified atom stereocenters. The van der Waals surface area contributed by atoms with Crippen LogP contribution in [0.25, 0.3) is 0 Å². The molecule has 0 aromatic carbocycles. The highest BCUT2D eigenvalue weighted by atomic mass is 16.3. The van der Waals surface area contributed by atoms with Gasteiger partial charge in [-0.3, -0.25) is 0 Å². The number of hydrogen-bond donors (Lipinski definition) is 2. The Morgan fingerprint density at radius 2 is 2.00 bits per heavy atom. The molecule has 0 spiro atoms. The molecule has 1 aliphatic heterocycles. The fourth-order valence-corrected chi connectivity index (χ4v) is 3.37. The zero-order valence-electron chi connectivity index (χ0n) is 11.3. The molecule has 1 saturated heterocycles. The van der Waals surface area contributed by atoms with E-state index in [0.717, 1.165) is 13.0 Å². The molecule has 1 fully saturated rings. The fourth-order valence-electron chi connectivity index (χ4n) is 3.37. The van der Waals surface area contributed by atoms with Crippen LogP contribution in [0.15, 0.2) is 0 Å². The lowest BCUT2D eigenvalue weighted by molar-refractivity contribution is 0.0344. The van der Waals surface area contributed by atoms with Crippen molar-refractivity contribution < 1.29 is 5.11 Å². The lowest BCUT2D eigenvalue weighted by Crippen LogP contribution is -2.56. The van der Waals surface area contributed by atoms with E-state index in [2.05, 4.69) is 26.1 Å². The summed E-state index contributed by atoms with van der Waals surface area (Å²) in [6, 6.07) is 0. The van der Waals surface area contributed by atoms with Crippen LogP contribution in [-0.4, -0.2) is 23.8 Å². The summed E-state index contributed by atoms with van der Waals surface area (Å²) in [6.07, 6.45) is 8.56. The molecule has 1 heterocycles. The van der Waals surface area contributed by atoms with Crippen molar-refractivity contribution in [1.82, 2.24) is 5.32 Å². The minimum absolute atomic E-state index is 0.00181. The summed E-state index contributed by atoms with van der Waals surface area (Å²) in [4.78, 5) is 0. The van der Waals surface area contributed by atoms with E-state index in [1.807, 2.05) is 0 Å². The normalized spacial score (nSPS) is 29.2. The Balaban J connectivity index is 2.79. The summed E-state index contributed by atoms with van der Waals surface area (Å²) in [5, 5.41) is 13.4.